The summed E-state index contributed by atoms with van der Waals surface area (Å²) >= 11 is 7.09. The molecule has 0 radical (unpaired) electrons. The van der Waals surface area contributed by atoms with Crippen LogP contribution in [-0.4, -0.2) is 61.5 Å². The third-order valence-corrected chi connectivity index (χ3v) is 11.6. The average molecular weight is 701 g/mol. The van der Waals surface area contributed by atoms with Crippen molar-refractivity contribution in [2.45, 2.75) is 70.6 Å². The van der Waals surface area contributed by atoms with Crippen molar-refractivity contribution in [2.75, 3.05) is 29.5 Å². The number of anilines is 1. The summed E-state index contributed by atoms with van der Waals surface area (Å²) in [7, 11) is -7.86. The lowest BCUT2D eigenvalue weighted by Gasteiger charge is -2.28. The smallest absolute Gasteiger partial charge is 0.209 e. The van der Waals surface area contributed by atoms with E-state index in [1.165, 1.54) is 5.56 Å². The predicted octanol–water partition coefficient (Wildman–Crippen LogP) is 8.45. The highest BCUT2D eigenvalue weighted by atomic mass is 35.5. The van der Waals surface area contributed by atoms with Crippen molar-refractivity contribution in [2.24, 2.45) is 0 Å². The monoisotopic (exact) mass is 700 g/mol. The van der Waals surface area contributed by atoms with Crippen molar-refractivity contribution >= 4 is 49.7 Å². The van der Waals surface area contributed by atoms with Crippen LogP contribution in [0.15, 0.2) is 94.7 Å². The van der Waals surface area contributed by atoms with Gasteiger partial charge >= 0.3 is 0 Å². The van der Waals surface area contributed by atoms with Gasteiger partial charge in [-0.15, -0.1) is 0 Å². The van der Waals surface area contributed by atoms with Gasteiger partial charge in [-0.1, -0.05) is 74.0 Å². The molecular formula is C36H45ClN2O6S2. The van der Waals surface area contributed by atoms with Crippen LogP contribution in [0, 0.1) is 0 Å². The first-order chi connectivity index (χ1) is 22.0. The fourth-order valence-electron chi connectivity index (χ4n) is 7.15. The van der Waals surface area contributed by atoms with Crippen LogP contribution in [0.5, 0.6) is 0 Å². The molecule has 3 N–H and O–H groups in total. The Morgan fingerprint density at radius 1 is 0.894 bits per heavy atom. The number of rotatable bonds is 11. The van der Waals surface area contributed by atoms with Crippen molar-refractivity contribution in [1.29, 1.82) is 0 Å². The summed E-state index contributed by atoms with van der Waals surface area (Å²) in [5.41, 5.74) is 7.97. The molecule has 11 heteroatoms. The Balaban J connectivity index is 1.46. The number of fused-ring (bicyclic) bond motifs is 2. The van der Waals surface area contributed by atoms with Crippen molar-refractivity contribution in [3.8, 4) is 0 Å². The molecule has 0 spiro atoms. The van der Waals surface area contributed by atoms with E-state index >= 15 is 0 Å². The van der Waals surface area contributed by atoms with Crippen LogP contribution in [-0.2, 0) is 20.9 Å². The molecular weight excluding hydrogens is 656 g/mol. The third-order valence-electron chi connectivity index (χ3n) is 9.52. The van der Waals surface area contributed by atoms with Gasteiger partial charge < -0.3 is 23.1 Å². The second kappa shape index (κ2) is 13.7. The van der Waals surface area contributed by atoms with E-state index in [4.69, 9.17) is 11.6 Å². The Kier molecular flexibility index (Phi) is 10.4. The molecule has 1 aliphatic carbocycles. The largest absolute Gasteiger partial charge is 0.748 e. The van der Waals surface area contributed by atoms with Crippen LogP contribution < -0.4 is 4.90 Å². The van der Waals surface area contributed by atoms with Gasteiger partial charge in [0.05, 0.1) is 26.4 Å². The van der Waals surface area contributed by atoms with E-state index in [1.807, 2.05) is 30.3 Å². The van der Waals surface area contributed by atoms with Gasteiger partial charge in [0.1, 0.15) is 6.54 Å². The Morgan fingerprint density at radius 2 is 1.57 bits per heavy atom. The first-order valence-corrected chi connectivity index (χ1v) is 19.7. The molecule has 2 aromatic rings. The maximum atomic E-state index is 11.3. The predicted molar refractivity (Wildman–Crippen MR) is 192 cm³/mol. The standard InChI is InChI=1S/C36H45ClN2O6S2/c1-35(2)28-14-5-7-16-30(28)38(22-10-24-46(40,41)42)32(35)20-18-26-12-9-13-27(34(26)37)19-21-33-36(3,4)29-15-6-8-17-31(29)39(33)23-11-25-47(43,44)45/h5-8,14-21H,9-13,22-25H2,1-4H3,(H3-,40,41,42,43,44,45). The lowest BCUT2D eigenvalue weighted by Crippen LogP contribution is -2.28. The van der Waals surface area contributed by atoms with Gasteiger partial charge in [0.15, 0.2) is 5.71 Å². The molecule has 0 amide bonds. The number of nitrogens with zero attached hydrogens (tertiary/aromatic N) is 2. The molecule has 2 heterocycles. The molecule has 0 saturated heterocycles. The average Bonchev–Trinajstić information content (AvgIpc) is 3.33. The van der Waals surface area contributed by atoms with Crippen LogP contribution in [0.1, 0.15) is 70.9 Å². The van der Waals surface area contributed by atoms with Gasteiger partial charge in [0.25, 0.3) is 0 Å². The summed E-state index contributed by atoms with van der Waals surface area (Å²) in [5, 5.41) is 0.719. The molecule has 0 atom stereocenters. The topological polar surface area (TPSA) is 124 Å². The maximum Gasteiger partial charge on any atom is 0.209 e. The summed E-state index contributed by atoms with van der Waals surface area (Å²) in [6, 6.07) is 16.3. The molecule has 0 fully saturated rings. The molecule has 0 aromatic heterocycles. The summed E-state index contributed by atoms with van der Waals surface area (Å²) in [4.78, 5) is 2.20. The number of hydrogen-bond acceptors (Lipinski definition) is 7. The van der Waals surface area contributed by atoms with Crippen LogP contribution >= 0.6 is 22.5 Å². The number of halogens is 1. The molecule has 2 aliphatic heterocycles. The molecule has 47 heavy (non-hydrogen) atoms. The van der Waals surface area contributed by atoms with E-state index in [2.05, 4.69) is 79.7 Å². The van der Waals surface area contributed by atoms with E-state index in [1.54, 1.807) is 0 Å². The third kappa shape index (κ3) is 7.80. The Labute approximate surface area is 285 Å². The zero-order valence-corrected chi connectivity index (χ0v) is 29.8. The minimum Gasteiger partial charge on any atom is -0.748 e. The number of hydrogen-bond donors (Lipinski definition) is 3. The van der Waals surface area contributed by atoms with Gasteiger partial charge in [-0.2, -0.15) is 4.58 Å². The van der Waals surface area contributed by atoms with E-state index in [-0.39, 0.29) is 23.0 Å². The zero-order valence-electron chi connectivity index (χ0n) is 27.4. The number of para-hydroxylation sites is 2. The van der Waals surface area contributed by atoms with E-state index in [0.717, 1.165) is 63.8 Å². The summed E-state index contributed by atoms with van der Waals surface area (Å²) in [6.07, 6.45) is 11.6. The minimum absolute atomic E-state index is 0.0825. The van der Waals surface area contributed by atoms with Gasteiger partial charge in [0.2, 0.25) is 5.69 Å². The second-order valence-corrected chi connectivity index (χ2v) is 17.1. The summed E-state index contributed by atoms with van der Waals surface area (Å²) in [6.45, 7) is 9.61. The van der Waals surface area contributed by atoms with Crippen LogP contribution in [0.4, 0.5) is 11.4 Å². The highest BCUT2D eigenvalue weighted by molar-refractivity contribution is 8.19. The van der Waals surface area contributed by atoms with E-state index < -0.39 is 26.7 Å². The van der Waals surface area contributed by atoms with Crippen molar-refractivity contribution in [3.63, 3.8) is 0 Å². The maximum absolute atomic E-state index is 11.3. The fraction of sp³-hybridized carbons (Fsp3) is 0.417. The minimum atomic E-state index is -4.30. The molecule has 5 rings (SSSR count). The fourth-order valence-corrected chi connectivity index (χ4v) is 8.46. The summed E-state index contributed by atoms with van der Waals surface area (Å²) in [5.74, 6) is -0.490. The van der Waals surface area contributed by atoms with Gasteiger partial charge in [-0.3, -0.25) is 0 Å². The highest BCUT2D eigenvalue weighted by Gasteiger charge is 2.44. The second-order valence-electron chi connectivity index (χ2n) is 13.5. The number of allylic oxidation sites excluding steroid dienone is 8. The Hall–Kier alpha value is -2.70. The Morgan fingerprint density at radius 3 is 2.28 bits per heavy atom. The quantitative estimate of drug-likeness (QED) is 0.159. The lowest BCUT2D eigenvalue weighted by molar-refractivity contribution is -0.437. The zero-order chi connectivity index (χ0) is 34.2. The van der Waals surface area contributed by atoms with Gasteiger partial charge in [-0.25, -0.2) is 8.42 Å². The van der Waals surface area contributed by atoms with Crippen LogP contribution in [0.3, 0.4) is 0 Å². The highest BCUT2D eigenvalue weighted by Crippen LogP contribution is 2.48. The molecule has 8 nitrogen and oxygen atoms in total. The molecule has 2 aromatic carbocycles. The van der Waals surface area contributed by atoms with E-state index in [9.17, 15) is 26.6 Å². The SMILES string of the molecule is CC1(C)C(/C=C/C2=C(Cl)C(=C/C=C3\N(CCCS(O)(O)O)c4ccccc4C3(C)C)/CCC2)=[N+](CCCS(=O)(=O)[O-])c2ccccc21. The van der Waals surface area contributed by atoms with Crippen molar-refractivity contribution in [3.05, 3.63) is 106 Å². The first kappa shape index (κ1) is 35.6. The Bertz CT molecular complexity index is 1800. The molecule has 254 valence electrons. The van der Waals surface area contributed by atoms with Crippen LogP contribution in [0.2, 0.25) is 0 Å². The van der Waals surface area contributed by atoms with E-state index in [0.29, 0.717) is 19.5 Å². The van der Waals surface area contributed by atoms with Crippen LogP contribution in [0.25, 0.3) is 0 Å². The normalized spacial score (nSPS) is 21.3. The van der Waals surface area contributed by atoms with Crippen molar-refractivity contribution < 1.29 is 31.2 Å². The first-order valence-electron chi connectivity index (χ1n) is 16.0. The summed E-state index contributed by atoms with van der Waals surface area (Å²) < 4.78 is 64.8. The lowest BCUT2D eigenvalue weighted by atomic mass is 9.81. The molecule has 0 unspecified atom stereocenters. The van der Waals surface area contributed by atoms with Crippen molar-refractivity contribution in [1.82, 2.24) is 0 Å². The molecule has 0 saturated carbocycles. The van der Waals surface area contributed by atoms with Gasteiger partial charge in [0, 0.05) is 64.0 Å². The molecule has 0 bridgehead atoms. The molecule has 3 aliphatic rings. The number of benzene rings is 2. The van der Waals surface area contributed by atoms with Gasteiger partial charge in [-0.05, 0) is 68.4 Å².